The van der Waals surface area contributed by atoms with E-state index in [1.807, 2.05) is 0 Å². The third-order valence-corrected chi connectivity index (χ3v) is 6.08. The van der Waals surface area contributed by atoms with Gasteiger partial charge in [0.25, 0.3) is 11.1 Å². The molecule has 0 N–H and O–H groups in total. The maximum absolute atomic E-state index is 12.8. The number of amides is 2. The number of ether oxygens (including phenoxy) is 3. The van der Waals surface area contributed by atoms with E-state index in [4.69, 9.17) is 21.1 Å². The molecule has 2 aromatic carbocycles. The average Bonchev–Trinajstić information content (AvgIpc) is 3.00. The summed E-state index contributed by atoms with van der Waals surface area (Å²) in [5.74, 6) is -0.245. The number of benzene rings is 2. The summed E-state index contributed by atoms with van der Waals surface area (Å²) >= 11 is 10.3. The predicted molar refractivity (Wildman–Crippen MR) is 121 cm³/mol. The van der Waals surface area contributed by atoms with Crippen LogP contribution in [0.1, 0.15) is 11.1 Å². The summed E-state index contributed by atoms with van der Waals surface area (Å²) in [6.45, 7) is -0.144. The van der Waals surface area contributed by atoms with Crippen LogP contribution >= 0.6 is 39.3 Å². The molecule has 1 fully saturated rings. The van der Waals surface area contributed by atoms with Gasteiger partial charge in [-0.3, -0.25) is 14.5 Å². The number of carbonyl (C=O) groups is 3. The lowest BCUT2D eigenvalue weighted by molar-refractivity contribution is -0.142. The number of imide groups is 1. The Morgan fingerprint density at radius 3 is 2.65 bits per heavy atom. The minimum atomic E-state index is -0.532. The predicted octanol–water partition coefficient (Wildman–Crippen LogP) is 4.90. The molecule has 162 valence electrons. The van der Waals surface area contributed by atoms with E-state index in [2.05, 4.69) is 20.7 Å². The maximum atomic E-state index is 12.8. The Kier molecular flexibility index (Phi) is 7.64. The van der Waals surface area contributed by atoms with E-state index in [1.54, 1.807) is 42.5 Å². The Hall–Kier alpha value is -2.49. The van der Waals surface area contributed by atoms with Crippen LogP contribution in [0, 0.1) is 0 Å². The van der Waals surface area contributed by atoms with Gasteiger partial charge in [0.2, 0.25) is 0 Å². The lowest BCUT2D eigenvalue weighted by atomic mass is 10.1. The standard InChI is InChI=1S/C21H17BrClNO6S/c1-28-16-7-13(15(22)9-17(16)30-11-19(25)29-2)8-18-20(26)24(21(27)31-18)10-12-4-3-5-14(23)6-12/h3-9H,10-11H2,1-2H3/b18-8-. The largest absolute Gasteiger partial charge is 0.493 e. The number of esters is 1. The van der Waals surface area contributed by atoms with Gasteiger partial charge < -0.3 is 14.2 Å². The van der Waals surface area contributed by atoms with E-state index >= 15 is 0 Å². The number of rotatable bonds is 7. The van der Waals surface area contributed by atoms with Gasteiger partial charge in [0.05, 0.1) is 25.7 Å². The van der Waals surface area contributed by atoms with Gasteiger partial charge in [-0.25, -0.2) is 4.79 Å². The molecule has 0 bridgehead atoms. The molecule has 10 heteroatoms. The molecule has 3 rings (SSSR count). The minimum absolute atomic E-state index is 0.132. The van der Waals surface area contributed by atoms with Crippen LogP contribution in [-0.2, 0) is 20.9 Å². The van der Waals surface area contributed by atoms with E-state index in [9.17, 15) is 14.4 Å². The SMILES string of the molecule is COC(=O)COc1cc(Br)c(/C=C2\SC(=O)N(Cc3cccc(Cl)c3)C2=O)cc1OC. The number of methoxy groups -OCH3 is 2. The molecule has 1 saturated heterocycles. The molecule has 2 aromatic rings. The van der Waals surface area contributed by atoms with Crippen molar-refractivity contribution in [1.29, 1.82) is 0 Å². The van der Waals surface area contributed by atoms with E-state index < -0.39 is 11.9 Å². The van der Waals surface area contributed by atoms with Crippen molar-refractivity contribution in [2.75, 3.05) is 20.8 Å². The second kappa shape index (κ2) is 10.2. The highest BCUT2D eigenvalue weighted by Crippen LogP contribution is 2.38. The third-order valence-electron chi connectivity index (χ3n) is 4.25. The van der Waals surface area contributed by atoms with Gasteiger partial charge in [0, 0.05) is 9.50 Å². The highest BCUT2D eigenvalue weighted by Gasteiger charge is 2.35. The van der Waals surface area contributed by atoms with Crippen molar-refractivity contribution < 1.29 is 28.6 Å². The second-order valence-electron chi connectivity index (χ2n) is 6.29. The van der Waals surface area contributed by atoms with Crippen molar-refractivity contribution in [1.82, 2.24) is 4.90 Å². The lowest BCUT2D eigenvalue weighted by Gasteiger charge is -2.13. The number of halogens is 2. The molecule has 0 atom stereocenters. The number of nitrogens with zero attached hydrogens (tertiary/aromatic N) is 1. The molecule has 0 radical (unpaired) electrons. The molecule has 31 heavy (non-hydrogen) atoms. The Morgan fingerprint density at radius 1 is 1.19 bits per heavy atom. The molecule has 1 aliphatic rings. The molecule has 0 aliphatic carbocycles. The van der Waals surface area contributed by atoms with E-state index in [1.165, 1.54) is 19.1 Å². The Labute approximate surface area is 196 Å². The minimum Gasteiger partial charge on any atom is -0.493 e. The fourth-order valence-corrected chi connectivity index (χ4v) is 4.20. The van der Waals surface area contributed by atoms with E-state index in [-0.39, 0.29) is 23.3 Å². The first-order chi connectivity index (χ1) is 14.8. The van der Waals surface area contributed by atoms with Crippen LogP contribution in [-0.4, -0.2) is 42.8 Å². The number of thioether (sulfide) groups is 1. The summed E-state index contributed by atoms with van der Waals surface area (Å²) in [5, 5.41) is 0.169. The fraction of sp³-hybridized carbons (Fsp3) is 0.190. The topological polar surface area (TPSA) is 82.1 Å². The van der Waals surface area contributed by atoms with Gasteiger partial charge in [-0.1, -0.05) is 39.7 Å². The summed E-state index contributed by atoms with van der Waals surface area (Å²) in [4.78, 5) is 38.0. The van der Waals surface area contributed by atoms with Gasteiger partial charge in [-0.05, 0) is 53.2 Å². The Balaban J connectivity index is 1.83. The average molecular weight is 527 g/mol. The Bertz CT molecular complexity index is 1070. The van der Waals surface area contributed by atoms with Crippen molar-refractivity contribution in [3.63, 3.8) is 0 Å². The molecular formula is C21H17BrClNO6S. The number of hydrogen-bond acceptors (Lipinski definition) is 7. The van der Waals surface area contributed by atoms with Gasteiger partial charge >= 0.3 is 5.97 Å². The van der Waals surface area contributed by atoms with Crippen molar-refractivity contribution >= 4 is 62.5 Å². The number of carbonyl (C=O) groups excluding carboxylic acids is 3. The fourth-order valence-electron chi connectivity index (χ4n) is 2.72. The molecule has 1 heterocycles. The summed E-state index contributed by atoms with van der Waals surface area (Å²) in [5.41, 5.74) is 1.36. The molecule has 1 aliphatic heterocycles. The van der Waals surface area contributed by atoms with Crippen molar-refractivity contribution in [2.45, 2.75) is 6.54 Å². The van der Waals surface area contributed by atoms with Crippen LogP contribution in [0.25, 0.3) is 6.08 Å². The van der Waals surface area contributed by atoms with Crippen LogP contribution in [0.5, 0.6) is 11.5 Å². The van der Waals surface area contributed by atoms with Crippen molar-refractivity contribution in [2.24, 2.45) is 0 Å². The zero-order valence-electron chi connectivity index (χ0n) is 16.5. The molecule has 2 amide bonds. The van der Waals surface area contributed by atoms with Gasteiger partial charge in [0.15, 0.2) is 18.1 Å². The zero-order chi connectivity index (χ0) is 22.5. The first-order valence-corrected chi connectivity index (χ1v) is 10.9. The second-order valence-corrected chi connectivity index (χ2v) is 8.57. The summed E-state index contributed by atoms with van der Waals surface area (Å²) in [7, 11) is 2.72. The van der Waals surface area contributed by atoms with Crippen LogP contribution < -0.4 is 9.47 Å². The molecule has 0 aromatic heterocycles. The number of hydrogen-bond donors (Lipinski definition) is 0. The zero-order valence-corrected chi connectivity index (χ0v) is 19.7. The van der Waals surface area contributed by atoms with Gasteiger partial charge in [-0.2, -0.15) is 0 Å². The van der Waals surface area contributed by atoms with Crippen LogP contribution in [0.4, 0.5) is 4.79 Å². The smallest absolute Gasteiger partial charge is 0.343 e. The molecule has 0 spiro atoms. The van der Waals surface area contributed by atoms with Gasteiger partial charge in [-0.15, -0.1) is 0 Å². The van der Waals surface area contributed by atoms with Crippen LogP contribution in [0.2, 0.25) is 5.02 Å². The molecular weight excluding hydrogens is 510 g/mol. The van der Waals surface area contributed by atoms with Crippen molar-refractivity contribution in [3.8, 4) is 11.5 Å². The molecule has 7 nitrogen and oxygen atoms in total. The highest BCUT2D eigenvalue weighted by molar-refractivity contribution is 9.10. The van der Waals surface area contributed by atoms with E-state index in [0.717, 1.165) is 17.3 Å². The van der Waals surface area contributed by atoms with Gasteiger partial charge in [0.1, 0.15) is 0 Å². The van der Waals surface area contributed by atoms with Crippen LogP contribution in [0.3, 0.4) is 0 Å². The third kappa shape index (κ3) is 5.61. The summed E-state index contributed by atoms with van der Waals surface area (Å²) < 4.78 is 15.9. The highest BCUT2D eigenvalue weighted by atomic mass is 79.9. The first-order valence-electron chi connectivity index (χ1n) is 8.89. The van der Waals surface area contributed by atoms with Crippen LogP contribution in [0.15, 0.2) is 45.8 Å². The summed E-state index contributed by atoms with van der Waals surface area (Å²) in [6.07, 6.45) is 1.60. The summed E-state index contributed by atoms with van der Waals surface area (Å²) in [6, 6.07) is 10.3. The lowest BCUT2D eigenvalue weighted by Crippen LogP contribution is -2.27. The first kappa shape index (κ1) is 23.2. The normalized spacial score (nSPS) is 14.8. The Morgan fingerprint density at radius 2 is 1.97 bits per heavy atom. The van der Waals surface area contributed by atoms with Crippen molar-refractivity contribution in [3.05, 3.63) is 61.9 Å². The molecule has 0 saturated carbocycles. The quantitative estimate of drug-likeness (QED) is 0.375. The monoisotopic (exact) mass is 525 g/mol. The maximum Gasteiger partial charge on any atom is 0.343 e. The van der Waals surface area contributed by atoms with E-state index in [0.29, 0.717) is 26.6 Å². The molecule has 0 unspecified atom stereocenters.